The zero-order valence-corrected chi connectivity index (χ0v) is 11.5. The first-order valence-corrected chi connectivity index (χ1v) is 6.97. The number of Topliss-reactive ketones (excluding diaryl/α,β-unsaturated/α-hetero) is 1. The topological polar surface area (TPSA) is 71.8 Å². The van der Waals surface area contributed by atoms with Crippen molar-refractivity contribution in [1.82, 2.24) is 9.97 Å². The van der Waals surface area contributed by atoms with E-state index in [0.717, 1.165) is 18.8 Å². The summed E-state index contributed by atoms with van der Waals surface area (Å²) >= 11 is 0. The number of nitrogens with one attached hydrogen (secondary N) is 1. The number of aromatic nitrogens is 2. The number of hydrogen-bond acceptors (Lipinski definition) is 3. The maximum atomic E-state index is 11.8. The minimum atomic E-state index is 0.0759. The molecule has 0 saturated carbocycles. The summed E-state index contributed by atoms with van der Waals surface area (Å²) in [6, 6.07) is 0. The summed E-state index contributed by atoms with van der Waals surface area (Å²) < 4.78 is 0. The maximum Gasteiger partial charge on any atom is 0.182 e. The van der Waals surface area contributed by atoms with Gasteiger partial charge in [-0.1, -0.05) is 46.0 Å². The molecular weight excluding hydrogens is 226 g/mol. The molecule has 0 unspecified atom stereocenters. The number of aromatic amines is 1. The molecule has 4 heteroatoms. The lowest BCUT2D eigenvalue weighted by Gasteiger charge is -2.07. The van der Waals surface area contributed by atoms with Crippen LogP contribution >= 0.6 is 0 Å². The maximum absolute atomic E-state index is 11.8. The molecule has 0 saturated heterocycles. The molecule has 0 radical (unpaired) electrons. The minimum Gasteiger partial charge on any atom is -0.382 e. The number of nitrogens with two attached hydrogens (primary N) is 1. The molecule has 0 fully saturated rings. The number of ketones is 1. The van der Waals surface area contributed by atoms with E-state index in [-0.39, 0.29) is 5.78 Å². The normalized spacial score (nSPS) is 12.6. The molecule has 102 valence electrons. The highest BCUT2D eigenvalue weighted by Crippen LogP contribution is 2.15. The van der Waals surface area contributed by atoms with Gasteiger partial charge in [-0.25, -0.2) is 4.98 Å². The Morgan fingerprint density at radius 2 is 2.11 bits per heavy atom. The van der Waals surface area contributed by atoms with Crippen molar-refractivity contribution in [3.05, 3.63) is 12.0 Å². The van der Waals surface area contributed by atoms with Crippen molar-refractivity contribution < 1.29 is 4.79 Å². The second-order valence-electron chi connectivity index (χ2n) is 5.05. The van der Waals surface area contributed by atoms with Gasteiger partial charge in [0.15, 0.2) is 11.6 Å². The van der Waals surface area contributed by atoms with E-state index in [0.29, 0.717) is 17.9 Å². The van der Waals surface area contributed by atoms with E-state index >= 15 is 0 Å². The van der Waals surface area contributed by atoms with Crippen LogP contribution in [0.15, 0.2) is 6.33 Å². The van der Waals surface area contributed by atoms with E-state index in [4.69, 9.17) is 5.73 Å². The molecule has 1 aromatic rings. The quantitative estimate of drug-likeness (QED) is 0.520. The van der Waals surface area contributed by atoms with Gasteiger partial charge in [0.05, 0.1) is 6.33 Å². The number of H-pyrrole nitrogens is 1. The van der Waals surface area contributed by atoms with Gasteiger partial charge in [-0.2, -0.15) is 0 Å². The lowest BCUT2D eigenvalue weighted by molar-refractivity contribution is 0.0975. The Morgan fingerprint density at radius 1 is 1.39 bits per heavy atom. The molecule has 3 N–H and O–H groups in total. The third-order valence-electron chi connectivity index (χ3n) is 3.50. The fraction of sp³-hybridized carbons (Fsp3) is 0.714. The summed E-state index contributed by atoms with van der Waals surface area (Å²) in [7, 11) is 0. The van der Waals surface area contributed by atoms with Crippen LogP contribution in [0.1, 0.15) is 69.3 Å². The van der Waals surface area contributed by atoms with Crippen LogP contribution in [-0.4, -0.2) is 15.8 Å². The largest absolute Gasteiger partial charge is 0.382 e. The fourth-order valence-electron chi connectivity index (χ4n) is 1.99. The molecule has 0 aliphatic carbocycles. The van der Waals surface area contributed by atoms with Crippen molar-refractivity contribution in [2.24, 2.45) is 5.92 Å². The number of anilines is 1. The zero-order chi connectivity index (χ0) is 13.4. The van der Waals surface area contributed by atoms with Gasteiger partial charge >= 0.3 is 0 Å². The van der Waals surface area contributed by atoms with Crippen LogP contribution in [0.3, 0.4) is 0 Å². The fourth-order valence-corrected chi connectivity index (χ4v) is 1.99. The van der Waals surface area contributed by atoms with E-state index in [1.165, 1.54) is 32.0 Å². The Labute approximate surface area is 109 Å². The Balaban J connectivity index is 2.08. The first-order chi connectivity index (χ1) is 8.65. The Kier molecular flexibility index (Phi) is 6.47. The van der Waals surface area contributed by atoms with Crippen LogP contribution in [0, 0.1) is 5.92 Å². The van der Waals surface area contributed by atoms with Crippen LogP contribution in [0.4, 0.5) is 5.82 Å². The molecule has 1 rings (SSSR count). The van der Waals surface area contributed by atoms with E-state index in [2.05, 4.69) is 23.8 Å². The van der Waals surface area contributed by atoms with Crippen molar-refractivity contribution in [2.75, 3.05) is 5.73 Å². The van der Waals surface area contributed by atoms with Crippen LogP contribution in [0.2, 0.25) is 0 Å². The predicted molar refractivity (Wildman–Crippen MR) is 74.5 cm³/mol. The lowest BCUT2D eigenvalue weighted by atomic mass is 9.99. The first-order valence-electron chi connectivity index (χ1n) is 6.97. The van der Waals surface area contributed by atoms with E-state index in [9.17, 15) is 4.79 Å². The van der Waals surface area contributed by atoms with Gasteiger partial charge in [0.1, 0.15) is 5.69 Å². The molecule has 1 aromatic heterocycles. The van der Waals surface area contributed by atoms with Crippen molar-refractivity contribution in [3.63, 3.8) is 0 Å². The number of hydrogen-bond donors (Lipinski definition) is 2. The molecule has 4 nitrogen and oxygen atoms in total. The Bertz CT molecular complexity index is 360. The molecule has 18 heavy (non-hydrogen) atoms. The Hall–Kier alpha value is -1.32. The van der Waals surface area contributed by atoms with Crippen LogP contribution < -0.4 is 5.73 Å². The van der Waals surface area contributed by atoms with Gasteiger partial charge in [0.2, 0.25) is 0 Å². The van der Waals surface area contributed by atoms with E-state index < -0.39 is 0 Å². The molecule has 1 atom stereocenters. The number of carbonyl (C=O) groups is 1. The second-order valence-corrected chi connectivity index (χ2v) is 5.05. The molecule has 0 aliphatic rings. The zero-order valence-electron chi connectivity index (χ0n) is 11.5. The van der Waals surface area contributed by atoms with Crippen molar-refractivity contribution in [3.8, 4) is 0 Å². The third kappa shape index (κ3) is 4.90. The Morgan fingerprint density at radius 3 is 2.72 bits per heavy atom. The summed E-state index contributed by atoms with van der Waals surface area (Å²) in [5.41, 5.74) is 6.05. The van der Waals surface area contributed by atoms with E-state index in [1.807, 2.05) is 0 Å². The summed E-state index contributed by atoms with van der Waals surface area (Å²) in [6.07, 6.45) is 9.15. The summed E-state index contributed by atoms with van der Waals surface area (Å²) in [5, 5.41) is 0. The first kappa shape index (κ1) is 14.7. The molecule has 0 aliphatic heterocycles. The SMILES string of the molecule is CC[C@@H](C)CCCCCCC(=O)c1[nH]cnc1N. The third-order valence-corrected chi connectivity index (χ3v) is 3.50. The average Bonchev–Trinajstić information content (AvgIpc) is 2.79. The average molecular weight is 251 g/mol. The summed E-state index contributed by atoms with van der Waals surface area (Å²) in [5.74, 6) is 1.22. The molecular formula is C14H25N3O. The number of nitrogen functional groups attached to an aromatic ring is 1. The minimum absolute atomic E-state index is 0.0759. The highest BCUT2D eigenvalue weighted by atomic mass is 16.1. The highest BCUT2D eigenvalue weighted by Gasteiger charge is 2.11. The van der Waals surface area contributed by atoms with Gasteiger partial charge in [-0.3, -0.25) is 4.79 Å². The van der Waals surface area contributed by atoms with Crippen molar-refractivity contribution in [2.45, 2.75) is 58.8 Å². The van der Waals surface area contributed by atoms with Crippen molar-refractivity contribution >= 4 is 11.6 Å². The molecule has 0 bridgehead atoms. The number of unbranched alkanes of at least 4 members (excludes halogenated alkanes) is 3. The highest BCUT2D eigenvalue weighted by molar-refractivity contribution is 5.98. The number of nitrogens with zero attached hydrogens (tertiary/aromatic N) is 1. The number of rotatable bonds is 9. The number of carbonyl (C=O) groups excluding carboxylic acids is 1. The van der Waals surface area contributed by atoms with Crippen LogP contribution in [0.5, 0.6) is 0 Å². The predicted octanol–water partition coefficient (Wildman–Crippen LogP) is 3.56. The van der Waals surface area contributed by atoms with Crippen LogP contribution in [-0.2, 0) is 0 Å². The van der Waals surface area contributed by atoms with Gasteiger partial charge in [0.25, 0.3) is 0 Å². The summed E-state index contributed by atoms with van der Waals surface area (Å²) in [6.45, 7) is 4.53. The monoisotopic (exact) mass is 251 g/mol. The lowest BCUT2D eigenvalue weighted by Crippen LogP contribution is -2.03. The van der Waals surface area contributed by atoms with Gasteiger partial charge in [-0.15, -0.1) is 0 Å². The van der Waals surface area contributed by atoms with E-state index in [1.54, 1.807) is 0 Å². The molecule has 0 amide bonds. The smallest absolute Gasteiger partial charge is 0.182 e. The summed E-state index contributed by atoms with van der Waals surface area (Å²) in [4.78, 5) is 18.4. The van der Waals surface area contributed by atoms with Crippen molar-refractivity contribution in [1.29, 1.82) is 0 Å². The van der Waals surface area contributed by atoms with Gasteiger partial charge in [-0.05, 0) is 12.3 Å². The van der Waals surface area contributed by atoms with Gasteiger partial charge < -0.3 is 10.7 Å². The molecule has 1 heterocycles. The molecule has 0 aromatic carbocycles. The standard InChI is InChI=1S/C14H25N3O/c1-3-11(2)8-6-4-5-7-9-12(18)13-14(15)17-10-16-13/h10-11H,3-9,15H2,1-2H3,(H,16,17)/t11-/m1/s1. The second kappa shape index (κ2) is 7.90. The van der Waals surface area contributed by atoms with Gasteiger partial charge in [0, 0.05) is 6.42 Å². The molecule has 0 spiro atoms. The number of imidazole rings is 1. The van der Waals surface area contributed by atoms with Crippen LogP contribution in [0.25, 0.3) is 0 Å².